The lowest BCUT2D eigenvalue weighted by Gasteiger charge is -2.41. The molecule has 6 nitrogen and oxygen atoms in total. The van der Waals surface area contributed by atoms with Crippen LogP contribution >= 0.6 is 0 Å². The molecule has 0 spiro atoms. The zero-order valence-electron chi connectivity index (χ0n) is 14.3. The number of piperidine rings is 1. The Labute approximate surface area is 145 Å². The Morgan fingerprint density at radius 1 is 1.40 bits per heavy atom. The maximum Gasteiger partial charge on any atom is 0.259 e. The van der Waals surface area contributed by atoms with E-state index in [1.807, 2.05) is 0 Å². The minimum atomic E-state index is -0.604. The summed E-state index contributed by atoms with van der Waals surface area (Å²) < 4.78 is 29.4. The Kier molecular flexibility index (Phi) is 5.03. The molecule has 0 aliphatic carbocycles. The molecule has 1 aromatic carbocycles. The number of rotatable bonds is 5. The van der Waals surface area contributed by atoms with Gasteiger partial charge < -0.3 is 18.9 Å². The molecule has 0 N–H and O–H groups in total. The van der Waals surface area contributed by atoms with E-state index in [1.54, 1.807) is 31.1 Å². The summed E-state index contributed by atoms with van der Waals surface area (Å²) in [6.07, 6.45) is 2.95. The molecule has 3 rings (SSSR count). The van der Waals surface area contributed by atoms with Gasteiger partial charge >= 0.3 is 0 Å². The monoisotopic (exact) mass is 348 g/mol. The second kappa shape index (κ2) is 7.23. The van der Waals surface area contributed by atoms with E-state index in [0.29, 0.717) is 30.1 Å². The van der Waals surface area contributed by atoms with Crippen LogP contribution in [0.25, 0.3) is 0 Å². The van der Waals surface area contributed by atoms with Crippen molar-refractivity contribution in [2.45, 2.75) is 25.4 Å². The summed E-state index contributed by atoms with van der Waals surface area (Å²) in [5, 5.41) is 3.76. The third-order valence-corrected chi connectivity index (χ3v) is 4.56. The number of nitrogens with zero attached hydrogens (tertiary/aromatic N) is 2. The van der Waals surface area contributed by atoms with Gasteiger partial charge in [-0.15, -0.1) is 0 Å². The van der Waals surface area contributed by atoms with Crippen molar-refractivity contribution in [3.05, 3.63) is 47.6 Å². The molecule has 1 saturated heterocycles. The van der Waals surface area contributed by atoms with E-state index < -0.39 is 5.60 Å². The van der Waals surface area contributed by atoms with Crippen molar-refractivity contribution in [2.24, 2.45) is 0 Å². The molecule has 0 radical (unpaired) electrons. The summed E-state index contributed by atoms with van der Waals surface area (Å²) in [5.41, 5.74) is 0.431. The third-order valence-electron chi connectivity index (χ3n) is 4.56. The van der Waals surface area contributed by atoms with Gasteiger partial charge in [-0.05, 0) is 44.0 Å². The Hall–Kier alpha value is -2.41. The number of hydrogen-bond acceptors (Lipinski definition) is 5. The fourth-order valence-electron chi connectivity index (χ4n) is 3.03. The molecule has 1 atom stereocenters. The first kappa shape index (κ1) is 17.4. The molecular formula is C18H21FN2O4. The number of ether oxygens (including phenoxy) is 2. The van der Waals surface area contributed by atoms with Crippen molar-refractivity contribution < 1.29 is 23.2 Å². The quantitative estimate of drug-likeness (QED) is 0.831. The first-order chi connectivity index (χ1) is 12.0. The molecule has 0 unspecified atom stereocenters. The Bertz CT molecular complexity index is 731. The zero-order chi connectivity index (χ0) is 17.9. The van der Waals surface area contributed by atoms with Crippen LogP contribution < -0.4 is 4.74 Å². The molecule has 0 saturated carbocycles. The molecule has 1 aliphatic heterocycles. The topological polar surface area (TPSA) is 64.8 Å². The zero-order valence-corrected chi connectivity index (χ0v) is 14.3. The standard InChI is InChI=1S/C18H21FN2O4/c1-13-16(10-25-20-13)17(22)21-9-3-8-18(11-21,23-2)12-24-15-6-4-14(19)5-7-15/h4-7,10H,3,8-9,11-12H2,1-2H3/t18-/m1/s1. The molecule has 2 aromatic rings. The largest absolute Gasteiger partial charge is 0.491 e. The summed E-state index contributed by atoms with van der Waals surface area (Å²) in [6, 6.07) is 5.84. The molecule has 1 aromatic heterocycles. The number of carbonyl (C=O) groups is 1. The van der Waals surface area contributed by atoms with Crippen molar-refractivity contribution in [3.63, 3.8) is 0 Å². The molecule has 1 aliphatic rings. The number of halogens is 1. The maximum absolute atomic E-state index is 13.0. The van der Waals surface area contributed by atoms with Gasteiger partial charge in [0.1, 0.15) is 35.6 Å². The van der Waals surface area contributed by atoms with Crippen molar-refractivity contribution in [1.29, 1.82) is 0 Å². The van der Waals surface area contributed by atoms with Gasteiger partial charge in [-0.1, -0.05) is 5.16 Å². The van der Waals surface area contributed by atoms with Gasteiger partial charge in [0.15, 0.2) is 0 Å². The van der Waals surface area contributed by atoms with Crippen LogP contribution in [0, 0.1) is 12.7 Å². The second-order valence-electron chi connectivity index (χ2n) is 6.27. The third kappa shape index (κ3) is 3.82. The van der Waals surface area contributed by atoms with Crippen molar-refractivity contribution in [1.82, 2.24) is 10.1 Å². The lowest BCUT2D eigenvalue weighted by atomic mass is 9.92. The van der Waals surface area contributed by atoms with E-state index in [4.69, 9.17) is 14.0 Å². The summed E-state index contributed by atoms with van der Waals surface area (Å²) >= 11 is 0. The van der Waals surface area contributed by atoms with Gasteiger partial charge in [-0.2, -0.15) is 0 Å². The average Bonchev–Trinajstić information content (AvgIpc) is 3.07. The lowest BCUT2D eigenvalue weighted by molar-refractivity contribution is -0.0825. The van der Waals surface area contributed by atoms with Crippen LogP contribution in [0.5, 0.6) is 5.75 Å². The summed E-state index contributed by atoms with van der Waals surface area (Å²) in [6.45, 7) is 3.07. The van der Waals surface area contributed by atoms with Crippen LogP contribution in [0.4, 0.5) is 4.39 Å². The number of hydrogen-bond donors (Lipinski definition) is 0. The second-order valence-corrected chi connectivity index (χ2v) is 6.27. The molecule has 1 amide bonds. The van der Waals surface area contributed by atoms with Gasteiger partial charge in [-0.25, -0.2) is 4.39 Å². The number of benzene rings is 1. The van der Waals surface area contributed by atoms with Crippen LogP contribution in [0.15, 0.2) is 35.1 Å². The smallest absolute Gasteiger partial charge is 0.259 e. The molecule has 7 heteroatoms. The van der Waals surface area contributed by atoms with E-state index >= 15 is 0 Å². The number of aromatic nitrogens is 1. The molecular weight excluding hydrogens is 327 g/mol. The van der Waals surface area contributed by atoms with Gasteiger partial charge in [0, 0.05) is 13.7 Å². The maximum atomic E-state index is 13.0. The van der Waals surface area contributed by atoms with Crippen molar-refractivity contribution in [3.8, 4) is 5.75 Å². The van der Waals surface area contributed by atoms with E-state index in [2.05, 4.69) is 5.16 Å². The average molecular weight is 348 g/mol. The normalized spacial score (nSPS) is 20.5. The number of likely N-dealkylation sites (tertiary alicyclic amines) is 1. The minimum absolute atomic E-state index is 0.123. The van der Waals surface area contributed by atoms with Crippen LogP contribution in [0.1, 0.15) is 28.9 Å². The highest BCUT2D eigenvalue weighted by atomic mass is 19.1. The first-order valence-corrected chi connectivity index (χ1v) is 8.17. The Morgan fingerprint density at radius 2 is 2.16 bits per heavy atom. The summed E-state index contributed by atoms with van der Waals surface area (Å²) in [7, 11) is 1.62. The molecule has 1 fully saturated rings. The number of carbonyl (C=O) groups excluding carboxylic acids is 1. The Morgan fingerprint density at radius 3 is 2.80 bits per heavy atom. The van der Waals surface area contributed by atoms with Crippen LogP contribution in [-0.2, 0) is 4.74 Å². The first-order valence-electron chi connectivity index (χ1n) is 8.17. The molecule has 134 valence electrons. The van der Waals surface area contributed by atoms with Crippen LogP contribution in [-0.4, -0.2) is 48.4 Å². The van der Waals surface area contributed by atoms with Gasteiger partial charge in [0.05, 0.1) is 12.2 Å². The SMILES string of the molecule is CO[C@]1(COc2ccc(F)cc2)CCCN(C(=O)c2conc2C)C1. The van der Waals surface area contributed by atoms with E-state index in [-0.39, 0.29) is 18.3 Å². The van der Waals surface area contributed by atoms with Crippen LogP contribution in [0.3, 0.4) is 0 Å². The highest BCUT2D eigenvalue weighted by Gasteiger charge is 2.39. The molecule has 2 heterocycles. The predicted octanol–water partition coefficient (Wildman–Crippen LogP) is 2.82. The molecule has 25 heavy (non-hydrogen) atoms. The Balaban J connectivity index is 1.69. The lowest BCUT2D eigenvalue weighted by Crippen LogP contribution is -2.54. The van der Waals surface area contributed by atoms with E-state index in [9.17, 15) is 9.18 Å². The molecule has 0 bridgehead atoms. The number of methoxy groups -OCH3 is 1. The van der Waals surface area contributed by atoms with Gasteiger partial charge in [0.25, 0.3) is 5.91 Å². The minimum Gasteiger partial charge on any atom is -0.491 e. The fraction of sp³-hybridized carbons (Fsp3) is 0.444. The van der Waals surface area contributed by atoms with E-state index in [1.165, 1.54) is 18.4 Å². The van der Waals surface area contributed by atoms with E-state index in [0.717, 1.165) is 12.8 Å². The van der Waals surface area contributed by atoms with Crippen LogP contribution in [0.2, 0.25) is 0 Å². The highest BCUT2D eigenvalue weighted by molar-refractivity contribution is 5.94. The number of aryl methyl sites for hydroxylation is 1. The summed E-state index contributed by atoms with van der Waals surface area (Å²) in [4.78, 5) is 14.4. The van der Waals surface area contributed by atoms with Gasteiger partial charge in [-0.3, -0.25) is 4.79 Å². The predicted molar refractivity (Wildman–Crippen MR) is 88.0 cm³/mol. The number of amides is 1. The van der Waals surface area contributed by atoms with Crippen molar-refractivity contribution in [2.75, 3.05) is 26.8 Å². The van der Waals surface area contributed by atoms with Gasteiger partial charge in [0.2, 0.25) is 0 Å². The summed E-state index contributed by atoms with van der Waals surface area (Å²) in [5.74, 6) is 0.130. The fourth-order valence-corrected chi connectivity index (χ4v) is 3.03. The highest BCUT2D eigenvalue weighted by Crippen LogP contribution is 2.27. The van der Waals surface area contributed by atoms with Crippen molar-refractivity contribution >= 4 is 5.91 Å².